The van der Waals surface area contributed by atoms with E-state index >= 15 is 0 Å². The number of benzene rings is 1. The maximum atomic E-state index is 12.1. The Hall–Kier alpha value is -1.85. The van der Waals surface area contributed by atoms with Crippen LogP contribution in [0.3, 0.4) is 0 Å². The Balaban J connectivity index is 1.92. The predicted molar refractivity (Wildman–Crippen MR) is 85.9 cm³/mol. The summed E-state index contributed by atoms with van der Waals surface area (Å²) < 4.78 is 5.71. The molecular weight excluding hydrogens is 284 g/mol. The number of rotatable bonds is 7. The Morgan fingerprint density at radius 1 is 1.33 bits per heavy atom. The molecule has 0 aliphatic rings. The molecule has 1 heterocycles. The summed E-state index contributed by atoms with van der Waals surface area (Å²) in [7, 11) is 1.87. The quantitative estimate of drug-likeness (QED) is 0.827. The highest BCUT2D eigenvalue weighted by Crippen LogP contribution is 2.17. The van der Waals surface area contributed by atoms with Gasteiger partial charge < -0.3 is 15.4 Å². The zero-order valence-corrected chi connectivity index (χ0v) is 13.1. The van der Waals surface area contributed by atoms with Crippen LogP contribution in [0, 0.1) is 0 Å². The van der Waals surface area contributed by atoms with E-state index in [9.17, 15) is 4.79 Å². The smallest absolute Gasteiger partial charge is 0.251 e. The van der Waals surface area contributed by atoms with Crippen molar-refractivity contribution in [2.24, 2.45) is 0 Å². The van der Waals surface area contributed by atoms with E-state index in [1.165, 1.54) is 0 Å². The van der Waals surface area contributed by atoms with Gasteiger partial charge >= 0.3 is 0 Å². The van der Waals surface area contributed by atoms with Crippen LogP contribution in [0.5, 0.6) is 5.75 Å². The second-order valence-corrected chi connectivity index (χ2v) is 5.83. The first-order chi connectivity index (χ1) is 10.2. The molecule has 0 saturated carbocycles. The van der Waals surface area contributed by atoms with E-state index in [1.807, 2.05) is 43.6 Å². The summed E-state index contributed by atoms with van der Waals surface area (Å²) in [6.45, 7) is 3.13. The molecule has 0 radical (unpaired) electrons. The molecule has 1 unspecified atom stereocenters. The first kappa shape index (κ1) is 15.5. The predicted octanol–water partition coefficient (Wildman–Crippen LogP) is 2.66. The van der Waals surface area contributed by atoms with Crippen LogP contribution in [-0.2, 0) is 6.61 Å². The minimum Gasteiger partial charge on any atom is -0.488 e. The SMILES string of the molecule is CNC(C)CNC(=O)c1cccc(OCc2cccs2)c1. The van der Waals surface area contributed by atoms with E-state index in [0.29, 0.717) is 24.5 Å². The molecule has 112 valence electrons. The number of nitrogens with one attached hydrogen (secondary N) is 2. The van der Waals surface area contributed by atoms with Crippen LogP contribution in [0.1, 0.15) is 22.2 Å². The normalized spacial score (nSPS) is 11.9. The Morgan fingerprint density at radius 2 is 2.19 bits per heavy atom. The van der Waals surface area contributed by atoms with Crippen molar-refractivity contribution in [1.29, 1.82) is 0 Å². The third kappa shape index (κ3) is 4.88. The molecule has 2 aromatic rings. The number of likely N-dealkylation sites (N-methyl/N-ethyl adjacent to an activating group) is 1. The summed E-state index contributed by atoms with van der Waals surface area (Å²) in [6.07, 6.45) is 0. The molecule has 21 heavy (non-hydrogen) atoms. The molecule has 0 bridgehead atoms. The number of amides is 1. The summed E-state index contributed by atoms with van der Waals surface area (Å²) in [6, 6.07) is 11.5. The summed E-state index contributed by atoms with van der Waals surface area (Å²) in [4.78, 5) is 13.2. The number of hydrogen-bond acceptors (Lipinski definition) is 4. The van der Waals surface area contributed by atoms with Gasteiger partial charge in [-0.2, -0.15) is 0 Å². The summed E-state index contributed by atoms with van der Waals surface area (Å²) in [5.74, 6) is 0.622. The fraction of sp³-hybridized carbons (Fsp3) is 0.312. The minimum absolute atomic E-state index is 0.0846. The van der Waals surface area contributed by atoms with Crippen molar-refractivity contribution < 1.29 is 9.53 Å². The zero-order valence-electron chi connectivity index (χ0n) is 12.3. The number of carbonyl (C=O) groups excluding carboxylic acids is 1. The molecule has 0 fully saturated rings. The largest absolute Gasteiger partial charge is 0.488 e. The van der Waals surface area contributed by atoms with E-state index in [4.69, 9.17) is 4.74 Å². The lowest BCUT2D eigenvalue weighted by Gasteiger charge is -2.12. The number of carbonyl (C=O) groups is 1. The highest BCUT2D eigenvalue weighted by atomic mass is 32.1. The van der Waals surface area contributed by atoms with E-state index in [-0.39, 0.29) is 11.9 Å². The van der Waals surface area contributed by atoms with E-state index in [1.54, 1.807) is 23.5 Å². The molecule has 0 aliphatic carbocycles. The maximum Gasteiger partial charge on any atom is 0.251 e. The summed E-state index contributed by atoms with van der Waals surface area (Å²) >= 11 is 1.66. The molecule has 1 amide bonds. The molecule has 1 aromatic heterocycles. The standard InChI is InChI=1S/C16H20N2O2S/c1-12(17-2)10-18-16(19)13-5-3-6-14(9-13)20-11-15-7-4-8-21-15/h3-9,12,17H,10-11H2,1-2H3,(H,18,19). The van der Waals surface area contributed by atoms with Crippen molar-refractivity contribution in [3.05, 3.63) is 52.2 Å². The van der Waals surface area contributed by atoms with Gasteiger partial charge in [0.2, 0.25) is 0 Å². The molecule has 5 heteroatoms. The molecule has 1 atom stereocenters. The van der Waals surface area contributed by atoms with Gasteiger partial charge in [0, 0.05) is 23.0 Å². The van der Waals surface area contributed by atoms with Gasteiger partial charge in [-0.15, -0.1) is 11.3 Å². The van der Waals surface area contributed by atoms with Gasteiger partial charge in [-0.1, -0.05) is 12.1 Å². The lowest BCUT2D eigenvalue weighted by Crippen LogP contribution is -2.37. The molecule has 0 aliphatic heterocycles. The van der Waals surface area contributed by atoms with Crippen LogP contribution >= 0.6 is 11.3 Å². The molecular formula is C16H20N2O2S. The van der Waals surface area contributed by atoms with Gasteiger partial charge in [0.05, 0.1) is 0 Å². The van der Waals surface area contributed by atoms with Gasteiger partial charge in [0.15, 0.2) is 0 Å². The van der Waals surface area contributed by atoms with Crippen molar-refractivity contribution in [2.75, 3.05) is 13.6 Å². The van der Waals surface area contributed by atoms with Crippen LogP contribution < -0.4 is 15.4 Å². The number of hydrogen-bond donors (Lipinski definition) is 2. The Labute approximate surface area is 129 Å². The van der Waals surface area contributed by atoms with Gasteiger partial charge in [0.1, 0.15) is 12.4 Å². The van der Waals surface area contributed by atoms with Crippen LogP contribution in [0.25, 0.3) is 0 Å². The van der Waals surface area contributed by atoms with Crippen molar-refractivity contribution in [2.45, 2.75) is 19.6 Å². The highest BCUT2D eigenvalue weighted by molar-refractivity contribution is 7.09. The summed E-state index contributed by atoms with van der Waals surface area (Å²) in [5, 5.41) is 7.99. The molecule has 0 saturated heterocycles. The molecule has 0 spiro atoms. The molecule has 1 aromatic carbocycles. The molecule has 2 N–H and O–H groups in total. The third-order valence-electron chi connectivity index (χ3n) is 3.12. The van der Waals surface area contributed by atoms with Crippen LogP contribution in [0.4, 0.5) is 0 Å². The van der Waals surface area contributed by atoms with Gasteiger partial charge in [0.25, 0.3) is 5.91 Å². The fourth-order valence-corrected chi connectivity index (χ4v) is 2.34. The van der Waals surface area contributed by atoms with E-state index in [0.717, 1.165) is 4.88 Å². The number of ether oxygens (including phenoxy) is 1. The topological polar surface area (TPSA) is 50.4 Å². The van der Waals surface area contributed by atoms with Gasteiger partial charge in [-0.25, -0.2) is 0 Å². The third-order valence-corrected chi connectivity index (χ3v) is 3.97. The van der Waals surface area contributed by atoms with Crippen LogP contribution in [0.15, 0.2) is 41.8 Å². The summed E-state index contributed by atoms with van der Waals surface area (Å²) in [5.41, 5.74) is 0.613. The first-order valence-electron chi connectivity index (χ1n) is 6.89. The Bertz CT molecular complexity index is 569. The molecule has 2 rings (SSSR count). The van der Waals surface area contributed by atoms with Crippen molar-refractivity contribution in [1.82, 2.24) is 10.6 Å². The second-order valence-electron chi connectivity index (χ2n) is 4.80. The van der Waals surface area contributed by atoms with E-state index < -0.39 is 0 Å². The van der Waals surface area contributed by atoms with Gasteiger partial charge in [-0.3, -0.25) is 4.79 Å². The Morgan fingerprint density at radius 3 is 2.90 bits per heavy atom. The van der Waals surface area contributed by atoms with Crippen LogP contribution in [-0.4, -0.2) is 25.5 Å². The highest BCUT2D eigenvalue weighted by Gasteiger charge is 2.08. The average molecular weight is 304 g/mol. The zero-order chi connectivity index (χ0) is 15.1. The monoisotopic (exact) mass is 304 g/mol. The molecule has 4 nitrogen and oxygen atoms in total. The Kier molecular flexibility index (Phi) is 5.78. The van der Waals surface area contributed by atoms with Crippen molar-refractivity contribution >= 4 is 17.2 Å². The first-order valence-corrected chi connectivity index (χ1v) is 7.77. The lowest BCUT2D eigenvalue weighted by atomic mass is 10.2. The van der Waals surface area contributed by atoms with E-state index in [2.05, 4.69) is 10.6 Å². The minimum atomic E-state index is -0.0846. The van der Waals surface area contributed by atoms with Crippen molar-refractivity contribution in [3.8, 4) is 5.75 Å². The fourth-order valence-electron chi connectivity index (χ4n) is 1.73. The van der Waals surface area contributed by atoms with Gasteiger partial charge in [-0.05, 0) is 43.6 Å². The lowest BCUT2D eigenvalue weighted by molar-refractivity contribution is 0.0950. The van der Waals surface area contributed by atoms with Crippen LogP contribution in [0.2, 0.25) is 0 Å². The average Bonchev–Trinajstić information content (AvgIpc) is 3.04. The van der Waals surface area contributed by atoms with Crippen molar-refractivity contribution in [3.63, 3.8) is 0 Å². The second kappa shape index (κ2) is 7.81. The number of thiophene rings is 1. The maximum absolute atomic E-state index is 12.1.